The largest absolute Gasteiger partial charge is 0.478 e. The van der Waals surface area contributed by atoms with E-state index in [-0.39, 0.29) is 11.5 Å². The van der Waals surface area contributed by atoms with Crippen molar-refractivity contribution in [2.75, 3.05) is 10.6 Å². The van der Waals surface area contributed by atoms with Crippen LogP contribution >= 0.6 is 11.8 Å². The van der Waals surface area contributed by atoms with Crippen LogP contribution in [0.2, 0.25) is 0 Å². The van der Waals surface area contributed by atoms with Crippen molar-refractivity contribution in [2.24, 2.45) is 0 Å². The van der Waals surface area contributed by atoms with E-state index in [1.807, 2.05) is 67.6 Å². The molecule has 3 aromatic carbocycles. The van der Waals surface area contributed by atoms with Crippen LogP contribution in [0.5, 0.6) is 0 Å². The smallest absolute Gasteiger partial charge is 0.335 e. The third-order valence-electron chi connectivity index (χ3n) is 5.79. The SMILES string of the molecule is CC1=C(C(=O)Nc2ccccc2)[C@@H](c2ccc(C(=O)O)cc2)n2nc(SCc3ccccc3)nc2N1. The predicted molar refractivity (Wildman–Crippen MR) is 139 cm³/mol. The minimum atomic E-state index is -1.01. The Bertz CT molecular complexity index is 1430. The first-order chi connectivity index (χ1) is 17.5. The number of benzene rings is 3. The second-order valence-electron chi connectivity index (χ2n) is 8.25. The van der Waals surface area contributed by atoms with Gasteiger partial charge in [-0.25, -0.2) is 9.48 Å². The molecule has 1 aromatic heterocycles. The summed E-state index contributed by atoms with van der Waals surface area (Å²) in [6.07, 6.45) is 0. The van der Waals surface area contributed by atoms with Gasteiger partial charge >= 0.3 is 5.97 Å². The molecular formula is C27H23N5O3S. The Kier molecular flexibility index (Phi) is 6.55. The first-order valence-corrected chi connectivity index (χ1v) is 12.3. The zero-order chi connectivity index (χ0) is 25.1. The van der Waals surface area contributed by atoms with E-state index in [2.05, 4.69) is 15.6 Å². The second-order valence-corrected chi connectivity index (χ2v) is 9.19. The molecule has 8 nitrogen and oxygen atoms in total. The Hall–Kier alpha value is -4.37. The minimum absolute atomic E-state index is 0.168. The Morgan fingerprint density at radius 3 is 2.33 bits per heavy atom. The van der Waals surface area contributed by atoms with Crippen LogP contribution in [0.15, 0.2) is 101 Å². The van der Waals surface area contributed by atoms with Crippen molar-refractivity contribution in [3.8, 4) is 0 Å². The average Bonchev–Trinajstić information content (AvgIpc) is 3.30. The Labute approximate surface area is 212 Å². The van der Waals surface area contributed by atoms with E-state index < -0.39 is 12.0 Å². The van der Waals surface area contributed by atoms with Gasteiger partial charge in [0.15, 0.2) is 0 Å². The highest BCUT2D eigenvalue weighted by molar-refractivity contribution is 7.98. The van der Waals surface area contributed by atoms with E-state index in [1.54, 1.807) is 16.8 Å². The van der Waals surface area contributed by atoms with Crippen LogP contribution < -0.4 is 10.6 Å². The predicted octanol–water partition coefficient (Wildman–Crippen LogP) is 5.20. The first-order valence-electron chi connectivity index (χ1n) is 11.3. The Balaban J connectivity index is 1.51. The summed E-state index contributed by atoms with van der Waals surface area (Å²) in [5.41, 5.74) is 3.84. The molecule has 1 aliphatic heterocycles. The molecular weight excluding hydrogens is 474 g/mol. The number of carbonyl (C=O) groups excluding carboxylic acids is 1. The summed E-state index contributed by atoms with van der Waals surface area (Å²) in [6, 6.07) is 25.2. The van der Waals surface area contributed by atoms with E-state index in [4.69, 9.17) is 5.10 Å². The van der Waals surface area contributed by atoms with Crippen LogP contribution in [0.4, 0.5) is 11.6 Å². The zero-order valence-corrected chi connectivity index (χ0v) is 20.2. The lowest BCUT2D eigenvalue weighted by atomic mass is 9.94. The summed E-state index contributed by atoms with van der Waals surface area (Å²) < 4.78 is 1.69. The van der Waals surface area contributed by atoms with Gasteiger partial charge in [0.2, 0.25) is 11.1 Å². The van der Waals surface area contributed by atoms with Gasteiger partial charge in [-0.3, -0.25) is 4.79 Å². The van der Waals surface area contributed by atoms with E-state index in [0.29, 0.717) is 33.8 Å². The monoisotopic (exact) mass is 497 g/mol. The lowest BCUT2D eigenvalue weighted by molar-refractivity contribution is -0.113. The fraction of sp³-hybridized carbons (Fsp3) is 0.111. The molecule has 0 fully saturated rings. The maximum absolute atomic E-state index is 13.5. The molecule has 1 amide bonds. The van der Waals surface area contributed by atoms with Crippen molar-refractivity contribution in [3.05, 3.63) is 113 Å². The number of rotatable bonds is 7. The molecule has 0 saturated heterocycles. The molecule has 0 aliphatic carbocycles. The van der Waals surface area contributed by atoms with E-state index in [9.17, 15) is 14.7 Å². The molecule has 2 heterocycles. The fourth-order valence-corrected chi connectivity index (χ4v) is 4.83. The quantitative estimate of drug-likeness (QED) is 0.301. The lowest BCUT2D eigenvalue weighted by Gasteiger charge is -2.28. The number of aromatic carboxylic acids is 1. The molecule has 3 N–H and O–H groups in total. The fourth-order valence-electron chi connectivity index (χ4n) is 4.04. The van der Waals surface area contributed by atoms with Crippen molar-refractivity contribution < 1.29 is 14.7 Å². The number of carboxylic acid groups (broad SMARTS) is 1. The highest BCUT2D eigenvalue weighted by Gasteiger charge is 2.34. The van der Waals surface area contributed by atoms with Crippen molar-refractivity contribution in [1.29, 1.82) is 0 Å². The van der Waals surface area contributed by atoms with Crippen LogP contribution in [-0.2, 0) is 10.5 Å². The summed E-state index contributed by atoms with van der Waals surface area (Å²) in [6.45, 7) is 1.83. The number of aromatic nitrogens is 3. The maximum atomic E-state index is 13.5. The number of nitrogens with one attached hydrogen (secondary N) is 2. The van der Waals surface area contributed by atoms with Gasteiger partial charge in [-0.15, -0.1) is 5.10 Å². The maximum Gasteiger partial charge on any atom is 0.335 e. The van der Waals surface area contributed by atoms with Crippen LogP contribution in [0, 0.1) is 0 Å². The van der Waals surface area contributed by atoms with Crippen LogP contribution in [-0.4, -0.2) is 31.7 Å². The molecule has 5 rings (SSSR count). The van der Waals surface area contributed by atoms with Crippen molar-refractivity contribution >= 4 is 35.3 Å². The Morgan fingerprint density at radius 2 is 1.67 bits per heavy atom. The number of amides is 1. The van der Waals surface area contributed by atoms with Gasteiger partial charge in [0, 0.05) is 17.1 Å². The summed E-state index contributed by atoms with van der Waals surface area (Å²) in [7, 11) is 0. The average molecular weight is 498 g/mol. The number of para-hydroxylation sites is 1. The van der Waals surface area contributed by atoms with Crippen molar-refractivity contribution in [3.63, 3.8) is 0 Å². The van der Waals surface area contributed by atoms with Crippen molar-refractivity contribution in [2.45, 2.75) is 23.9 Å². The van der Waals surface area contributed by atoms with Crippen molar-refractivity contribution in [1.82, 2.24) is 14.8 Å². The standard InChI is InChI=1S/C27H23N5O3S/c1-17-22(24(33)29-21-10-6-3-7-11-21)23(19-12-14-20(15-13-19)25(34)35)32-26(28-17)30-27(31-32)36-16-18-8-4-2-5-9-18/h2-15,23H,16H2,1H3,(H,29,33)(H,34,35)(H,28,30,31)/t23-/m1/s1. The molecule has 1 atom stereocenters. The Morgan fingerprint density at radius 1 is 1.00 bits per heavy atom. The van der Waals surface area contributed by atoms with Gasteiger partial charge in [0.1, 0.15) is 6.04 Å². The van der Waals surface area contributed by atoms with Gasteiger partial charge in [-0.05, 0) is 42.3 Å². The first kappa shape index (κ1) is 23.4. The van der Waals surface area contributed by atoms with E-state index in [0.717, 1.165) is 11.1 Å². The lowest BCUT2D eigenvalue weighted by Crippen LogP contribution is -2.31. The number of hydrogen-bond donors (Lipinski definition) is 3. The number of thioether (sulfide) groups is 1. The normalized spacial score (nSPS) is 14.6. The summed E-state index contributed by atoms with van der Waals surface area (Å²) in [5.74, 6) is -0.0674. The number of hydrogen-bond acceptors (Lipinski definition) is 6. The molecule has 4 aromatic rings. The number of fused-ring (bicyclic) bond motifs is 1. The minimum Gasteiger partial charge on any atom is -0.478 e. The number of allylic oxidation sites excluding steroid dienone is 1. The molecule has 0 saturated carbocycles. The number of anilines is 2. The van der Waals surface area contributed by atoms with E-state index in [1.165, 1.54) is 23.9 Å². The van der Waals surface area contributed by atoms with Crippen LogP contribution in [0.25, 0.3) is 0 Å². The molecule has 0 bridgehead atoms. The third-order valence-corrected chi connectivity index (χ3v) is 6.70. The molecule has 36 heavy (non-hydrogen) atoms. The zero-order valence-electron chi connectivity index (χ0n) is 19.4. The molecule has 0 unspecified atom stereocenters. The molecule has 9 heteroatoms. The third kappa shape index (κ3) is 4.87. The summed E-state index contributed by atoms with van der Waals surface area (Å²) in [5, 5.41) is 20.8. The number of nitrogens with zero attached hydrogens (tertiary/aromatic N) is 3. The van der Waals surface area contributed by atoms with Gasteiger partial charge in [0.25, 0.3) is 5.91 Å². The molecule has 0 spiro atoms. The van der Waals surface area contributed by atoms with Gasteiger partial charge in [-0.2, -0.15) is 4.98 Å². The second kappa shape index (κ2) is 10.1. The van der Waals surface area contributed by atoms with Crippen LogP contribution in [0.3, 0.4) is 0 Å². The highest BCUT2D eigenvalue weighted by atomic mass is 32.2. The summed E-state index contributed by atoms with van der Waals surface area (Å²) >= 11 is 1.50. The van der Waals surface area contributed by atoms with Crippen LogP contribution in [0.1, 0.15) is 34.5 Å². The topological polar surface area (TPSA) is 109 Å². The molecule has 180 valence electrons. The number of carboxylic acids is 1. The highest BCUT2D eigenvalue weighted by Crippen LogP contribution is 2.37. The van der Waals surface area contributed by atoms with Gasteiger partial charge in [-0.1, -0.05) is 72.4 Å². The molecule has 0 radical (unpaired) electrons. The van der Waals surface area contributed by atoms with Gasteiger partial charge < -0.3 is 15.7 Å². The number of carbonyl (C=O) groups is 2. The van der Waals surface area contributed by atoms with E-state index >= 15 is 0 Å². The van der Waals surface area contributed by atoms with Gasteiger partial charge in [0.05, 0.1) is 11.1 Å². The summed E-state index contributed by atoms with van der Waals surface area (Å²) in [4.78, 5) is 29.5. The molecule has 1 aliphatic rings.